The van der Waals surface area contributed by atoms with Crippen molar-refractivity contribution in [1.29, 1.82) is 0 Å². The van der Waals surface area contributed by atoms with Crippen LogP contribution in [0.4, 0.5) is 10.5 Å². The fourth-order valence-corrected chi connectivity index (χ4v) is 5.65. The number of nitrogens with one attached hydrogen (secondary N) is 2. The zero-order valence-electron chi connectivity index (χ0n) is 23.1. The van der Waals surface area contributed by atoms with Gasteiger partial charge in [-0.05, 0) is 43.3 Å². The Labute approximate surface area is 250 Å². The number of hydrogen-bond acceptors (Lipinski definition) is 7. The molecule has 41 heavy (non-hydrogen) atoms. The molecule has 0 saturated carbocycles. The minimum atomic E-state index is -1.08. The van der Waals surface area contributed by atoms with E-state index in [2.05, 4.69) is 37.6 Å². The Morgan fingerprint density at radius 3 is 2.63 bits per heavy atom. The van der Waals surface area contributed by atoms with Gasteiger partial charge >= 0.3 is 6.03 Å². The molecule has 0 radical (unpaired) electrons. The van der Waals surface area contributed by atoms with Crippen LogP contribution in [0, 0.1) is 0 Å². The maximum atomic E-state index is 11.6. The minimum absolute atomic E-state index is 0.111. The number of aromatic nitrogens is 2. The largest absolute Gasteiger partial charge is 0.491 e. The van der Waals surface area contributed by atoms with Crippen LogP contribution >= 0.6 is 23.2 Å². The number of ether oxygens (including phenoxy) is 3. The minimum Gasteiger partial charge on any atom is -0.491 e. The van der Waals surface area contributed by atoms with Gasteiger partial charge in [0.2, 0.25) is 5.79 Å². The van der Waals surface area contributed by atoms with Crippen LogP contribution in [0.5, 0.6) is 5.75 Å². The fraction of sp³-hybridized carbons (Fsp3) is 0.448. The number of nitrogens with zero attached hydrogens (tertiary/aromatic N) is 4. The third-order valence-corrected chi connectivity index (χ3v) is 7.76. The number of anilines is 1. The predicted octanol–water partition coefficient (Wildman–Crippen LogP) is 3.98. The molecule has 2 aliphatic rings. The van der Waals surface area contributed by atoms with E-state index in [0.717, 1.165) is 44.2 Å². The number of hydrogen-bond donors (Lipinski definition) is 2. The van der Waals surface area contributed by atoms with Crippen molar-refractivity contribution in [3.8, 4) is 5.75 Å². The molecule has 0 spiro atoms. The summed E-state index contributed by atoms with van der Waals surface area (Å²) >= 11 is 12.7. The van der Waals surface area contributed by atoms with Gasteiger partial charge in [-0.2, -0.15) is 0 Å². The van der Waals surface area contributed by atoms with E-state index in [9.17, 15) is 4.79 Å². The number of amides is 2. The highest BCUT2D eigenvalue weighted by atomic mass is 35.5. The Morgan fingerprint density at radius 2 is 1.93 bits per heavy atom. The molecule has 0 aliphatic carbocycles. The zero-order chi connectivity index (χ0) is 28.7. The smallest absolute Gasteiger partial charge is 0.314 e. The first kappa shape index (κ1) is 29.5. The molecule has 5 rings (SSSR count). The lowest BCUT2D eigenvalue weighted by Gasteiger charge is -2.36. The van der Waals surface area contributed by atoms with Gasteiger partial charge < -0.3 is 34.3 Å². The summed E-state index contributed by atoms with van der Waals surface area (Å²) in [5.41, 5.74) is 1.87. The van der Waals surface area contributed by atoms with E-state index in [-0.39, 0.29) is 12.1 Å². The Morgan fingerprint density at radius 1 is 1.12 bits per heavy atom. The summed E-state index contributed by atoms with van der Waals surface area (Å²) in [6.07, 6.45) is 5.00. The van der Waals surface area contributed by atoms with E-state index in [0.29, 0.717) is 48.5 Å². The molecule has 1 aromatic heterocycles. The van der Waals surface area contributed by atoms with Crippen LogP contribution in [0.3, 0.4) is 0 Å². The Hall–Kier alpha value is -3.02. The number of imidazole rings is 1. The molecule has 3 aromatic rings. The van der Waals surface area contributed by atoms with Gasteiger partial charge in [-0.25, -0.2) is 9.78 Å². The highest BCUT2D eigenvalue weighted by Gasteiger charge is 2.45. The number of rotatable bonds is 11. The molecule has 10 nitrogen and oxygen atoms in total. The van der Waals surface area contributed by atoms with Gasteiger partial charge in [0, 0.05) is 74.5 Å². The Balaban J connectivity index is 1.12. The molecule has 2 amide bonds. The second-order valence-electron chi connectivity index (χ2n) is 10.1. The second kappa shape index (κ2) is 13.8. The molecule has 2 atom stereocenters. The van der Waals surface area contributed by atoms with Crippen molar-refractivity contribution in [2.75, 3.05) is 63.9 Å². The highest BCUT2D eigenvalue weighted by Crippen LogP contribution is 2.40. The third-order valence-electron chi connectivity index (χ3n) is 7.21. The van der Waals surface area contributed by atoms with Gasteiger partial charge in [-0.3, -0.25) is 4.90 Å². The SMILES string of the molecule is CCNC(=O)NCCN1CCN(c2ccc(OC[C@@H]3CO[C@@](Cn4ccnc4)(c4ccc(Cl)cc4Cl)O3)cc2)CC1. The Bertz CT molecular complexity index is 1270. The maximum absolute atomic E-state index is 11.6. The lowest BCUT2D eigenvalue weighted by Crippen LogP contribution is -2.49. The fourth-order valence-electron chi connectivity index (χ4n) is 5.10. The summed E-state index contributed by atoms with van der Waals surface area (Å²) in [5.74, 6) is -0.315. The van der Waals surface area contributed by atoms with Crippen LogP contribution in [0.25, 0.3) is 0 Å². The summed E-state index contributed by atoms with van der Waals surface area (Å²) in [4.78, 5) is 20.4. The number of urea groups is 1. The molecule has 2 fully saturated rings. The van der Waals surface area contributed by atoms with Crippen molar-refractivity contribution in [2.24, 2.45) is 0 Å². The molecular weight excluding hydrogens is 567 g/mol. The molecule has 12 heteroatoms. The van der Waals surface area contributed by atoms with E-state index in [1.165, 1.54) is 0 Å². The van der Waals surface area contributed by atoms with Crippen LogP contribution in [0.2, 0.25) is 10.0 Å². The molecule has 0 bridgehead atoms. The number of carbonyl (C=O) groups is 1. The lowest BCUT2D eigenvalue weighted by atomic mass is 10.1. The van der Waals surface area contributed by atoms with Crippen molar-refractivity contribution >= 4 is 34.9 Å². The number of piperazine rings is 1. The average Bonchev–Trinajstić information content (AvgIpc) is 3.63. The third kappa shape index (κ3) is 7.64. The molecule has 2 aromatic carbocycles. The van der Waals surface area contributed by atoms with Gasteiger partial charge in [0.25, 0.3) is 0 Å². The van der Waals surface area contributed by atoms with Crippen LogP contribution in [0.1, 0.15) is 12.5 Å². The van der Waals surface area contributed by atoms with E-state index in [1.807, 2.05) is 35.9 Å². The molecule has 2 N–H and O–H groups in total. The molecule has 2 saturated heterocycles. The average molecular weight is 604 g/mol. The van der Waals surface area contributed by atoms with E-state index >= 15 is 0 Å². The van der Waals surface area contributed by atoms with E-state index < -0.39 is 5.79 Å². The summed E-state index contributed by atoms with van der Waals surface area (Å²) in [5, 5.41) is 6.66. The molecule has 0 unspecified atom stereocenters. The van der Waals surface area contributed by atoms with Gasteiger partial charge in [-0.1, -0.05) is 29.3 Å². The van der Waals surface area contributed by atoms with Gasteiger partial charge in [0.15, 0.2) is 0 Å². The van der Waals surface area contributed by atoms with E-state index in [1.54, 1.807) is 24.7 Å². The van der Waals surface area contributed by atoms with Crippen molar-refractivity contribution in [2.45, 2.75) is 25.4 Å². The molecular formula is C29H36Cl2N6O4. The monoisotopic (exact) mass is 602 g/mol. The zero-order valence-corrected chi connectivity index (χ0v) is 24.6. The maximum Gasteiger partial charge on any atom is 0.314 e. The van der Waals surface area contributed by atoms with Gasteiger partial charge in [0.1, 0.15) is 18.5 Å². The number of carbonyl (C=O) groups excluding carboxylic acids is 1. The van der Waals surface area contributed by atoms with Crippen LogP contribution in [0.15, 0.2) is 61.2 Å². The van der Waals surface area contributed by atoms with Crippen molar-refractivity contribution < 1.29 is 19.0 Å². The molecule has 2 aliphatic heterocycles. The van der Waals surface area contributed by atoms with E-state index in [4.69, 9.17) is 37.4 Å². The quantitative estimate of drug-likeness (QED) is 0.343. The molecule has 220 valence electrons. The summed E-state index contributed by atoms with van der Waals surface area (Å²) in [6.45, 7) is 8.87. The molecule has 3 heterocycles. The van der Waals surface area contributed by atoms with Gasteiger partial charge in [0.05, 0.1) is 24.5 Å². The van der Waals surface area contributed by atoms with Crippen LogP contribution < -0.4 is 20.3 Å². The highest BCUT2D eigenvalue weighted by molar-refractivity contribution is 6.35. The summed E-state index contributed by atoms with van der Waals surface area (Å²) < 4.78 is 20.7. The number of halogens is 2. The Kier molecular flexibility index (Phi) is 9.89. The summed E-state index contributed by atoms with van der Waals surface area (Å²) in [6, 6.07) is 13.4. The normalized spacial score (nSPS) is 21.1. The van der Waals surface area contributed by atoms with Gasteiger partial charge in [-0.15, -0.1) is 0 Å². The predicted molar refractivity (Wildman–Crippen MR) is 159 cm³/mol. The summed E-state index contributed by atoms with van der Waals surface area (Å²) in [7, 11) is 0. The van der Waals surface area contributed by atoms with Crippen molar-refractivity contribution in [3.05, 3.63) is 76.8 Å². The first-order valence-corrected chi connectivity index (χ1v) is 14.6. The van der Waals surface area contributed by atoms with Crippen LogP contribution in [-0.4, -0.2) is 85.6 Å². The lowest BCUT2D eigenvalue weighted by molar-refractivity contribution is -0.189. The second-order valence-corrected chi connectivity index (χ2v) is 10.9. The number of benzene rings is 2. The first-order valence-electron chi connectivity index (χ1n) is 13.9. The standard InChI is InChI=1S/C29H36Cl2N6O4/c1-2-33-28(38)34-10-12-35-13-15-37(16-14-35)23-4-6-24(7-5-23)39-18-25-19-40-29(41-25,20-36-11-9-32-21-36)26-8-3-22(30)17-27(26)31/h3-9,11,17,21,25H,2,10,12-16,18-20H2,1H3,(H2,33,34,38)/t25-,29-/m1/s1. The van der Waals surface area contributed by atoms with Crippen molar-refractivity contribution in [3.63, 3.8) is 0 Å². The topological polar surface area (TPSA) is 93.1 Å². The van der Waals surface area contributed by atoms with Crippen molar-refractivity contribution in [1.82, 2.24) is 25.1 Å². The first-order chi connectivity index (χ1) is 19.9. The van der Waals surface area contributed by atoms with Crippen LogP contribution in [-0.2, 0) is 21.8 Å².